The monoisotopic (exact) mass is 354 g/mol. The highest BCUT2D eigenvalue weighted by molar-refractivity contribution is 6.01. The summed E-state index contributed by atoms with van der Waals surface area (Å²) >= 11 is 0. The molecule has 5 rings (SSSR count). The van der Waals surface area contributed by atoms with Crippen LogP contribution in [-0.4, -0.2) is 22.5 Å². The summed E-state index contributed by atoms with van der Waals surface area (Å²) in [4.78, 5) is 22.3. The zero-order valence-electron chi connectivity index (χ0n) is 12.7. The van der Waals surface area contributed by atoms with Gasteiger partial charge in [0.15, 0.2) is 5.60 Å². The van der Waals surface area contributed by atoms with Gasteiger partial charge in [0.05, 0.1) is 4.92 Å². The van der Waals surface area contributed by atoms with Gasteiger partial charge in [-0.05, 0) is 25.0 Å². The number of rotatable bonds is 3. The molecule has 9 heteroatoms. The highest BCUT2D eigenvalue weighted by Crippen LogP contribution is 2.58. The second kappa shape index (κ2) is 5.04. The van der Waals surface area contributed by atoms with Crippen molar-refractivity contribution in [2.24, 2.45) is 11.8 Å². The van der Waals surface area contributed by atoms with Gasteiger partial charge < -0.3 is 10.1 Å². The molecular weight excluding hydrogens is 341 g/mol. The van der Waals surface area contributed by atoms with Gasteiger partial charge >= 0.3 is 6.18 Å². The van der Waals surface area contributed by atoms with Crippen LogP contribution in [0.15, 0.2) is 30.4 Å². The summed E-state index contributed by atoms with van der Waals surface area (Å²) in [5.41, 5.74) is -3.61. The molecule has 2 unspecified atom stereocenters. The molecule has 0 aromatic heterocycles. The van der Waals surface area contributed by atoms with E-state index in [0.717, 1.165) is 25.0 Å². The normalized spacial score (nSPS) is 32.2. The van der Waals surface area contributed by atoms with Crippen LogP contribution in [0.2, 0.25) is 0 Å². The van der Waals surface area contributed by atoms with Crippen molar-refractivity contribution in [3.63, 3.8) is 0 Å². The summed E-state index contributed by atoms with van der Waals surface area (Å²) in [5, 5.41) is 13.2. The summed E-state index contributed by atoms with van der Waals surface area (Å²) in [6, 6.07) is 2.42. The van der Waals surface area contributed by atoms with Gasteiger partial charge in [0.2, 0.25) is 0 Å². The quantitative estimate of drug-likeness (QED) is 0.391. The van der Waals surface area contributed by atoms with Crippen LogP contribution < -0.4 is 5.32 Å². The van der Waals surface area contributed by atoms with Crippen LogP contribution in [0.5, 0.6) is 0 Å². The van der Waals surface area contributed by atoms with E-state index in [4.69, 9.17) is 4.74 Å². The van der Waals surface area contributed by atoms with Gasteiger partial charge in [-0.1, -0.05) is 12.2 Å². The first-order valence-electron chi connectivity index (χ1n) is 7.76. The Balaban J connectivity index is 1.61. The lowest BCUT2D eigenvalue weighted by molar-refractivity contribution is -0.388. The molecule has 1 saturated heterocycles. The number of anilines is 1. The Morgan fingerprint density at radius 2 is 2.08 bits per heavy atom. The first-order valence-corrected chi connectivity index (χ1v) is 7.76. The van der Waals surface area contributed by atoms with Crippen LogP contribution >= 0.6 is 0 Å². The van der Waals surface area contributed by atoms with Crippen molar-refractivity contribution in [2.45, 2.75) is 30.7 Å². The minimum absolute atomic E-state index is 0.0948. The standard InChI is InChI=1S/C16H13F3N2O4/c17-16(18,19)11-7-10(5-6-12(11)21(23)24)20-14(22)15-9-3-1-8(2-4-9)13(15)25-15/h1,3,5-9,13H,2,4H2,(H,20,22)/t8-,9+,13?,15?/m1/s1. The molecule has 0 radical (unpaired) electrons. The van der Waals surface area contributed by atoms with Gasteiger partial charge in [0.1, 0.15) is 11.7 Å². The molecule has 3 aliphatic carbocycles. The molecule has 1 N–H and O–H groups in total. The fourth-order valence-corrected chi connectivity index (χ4v) is 3.91. The summed E-state index contributed by atoms with van der Waals surface area (Å²) < 4.78 is 44.7. The van der Waals surface area contributed by atoms with Gasteiger partial charge in [0, 0.05) is 23.6 Å². The molecule has 1 heterocycles. The predicted molar refractivity (Wildman–Crippen MR) is 79.7 cm³/mol. The average molecular weight is 354 g/mol. The van der Waals surface area contributed by atoms with Gasteiger partial charge in [-0.2, -0.15) is 13.2 Å². The lowest BCUT2D eigenvalue weighted by Gasteiger charge is -2.32. The highest BCUT2D eigenvalue weighted by Gasteiger charge is 2.71. The fraction of sp³-hybridized carbons (Fsp3) is 0.438. The van der Waals surface area contributed by atoms with Crippen LogP contribution in [0, 0.1) is 22.0 Å². The van der Waals surface area contributed by atoms with Crippen LogP contribution in [0.1, 0.15) is 18.4 Å². The summed E-state index contributed by atoms with van der Waals surface area (Å²) in [5.74, 6) is -0.445. The average Bonchev–Trinajstić information content (AvgIpc) is 3.34. The first-order chi connectivity index (χ1) is 11.7. The molecular formula is C16H13F3N2O4. The van der Waals surface area contributed by atoms with Crippen molar-refractivity contribution in [3.8, 4) is 0 Å². The second-order valence-corrected chi connectivity index (χ2v) is 6.51. The van der Waals surface area contributed by atoms with Crippen molar-refractivity contribution >= 4 is 17.3 Å². The minimum atomic E-state index is -4.90. The molecule has 4 atom stereocenters. The van der Waals surface area contributed by atoms with Gasteiger partial charge in [-0.15, -0.1) is 0 Å². The molecule has 1 amide bonds. The lowest BCUT2D eigenvalue weighted by Crippen LogP contribution is -2.45. The summed E-state index contributed by atoms with van der Waals surface area (Å²) in [7, 11) is 0. The van der Waals surface area contributed by atoms with E-state index in [2.05, 4.69) is 5.32 Å². The number of nitro benzene ring substituents is 1. The number of nitrogens with one attached hydrogen (secondary N) is 1. The van der Waals surface area contributed by atoms with Crippen molar-refractivity contribution in [3.05, 3.63) is 46.0 Å². The third kappa shape index (κ3) is 2.33. The van der Waals surface area contributed by atoms with Crippen LogP contribution in [-0.2, 0) is 15.7 Å². The number of ether oxygens (including phenoxy) is 1. The van der Waals surface area contributed by atoms with Crippen LogP contribution in [0.3, 0.4) is 0 Å². The second-order valence-electron chi connectivity index (χ2n) is 6.51. The van der Waals surface area contributed by atoms with Gasteiger partial charge in [-0.25, -0.2) is 0 Å². The highest BCUT2D eigenvalue weighted by atomic mass is 19.4. The number of epoxide rings is 1. The molecule has 25 heavy (non-hydrogen) atoms. The van der Waals surface area contributed by atoms with E-state index in [-0.39, 0.29) is 23.6 Å². The van der Waals surface area contributed by atoms with Crippen molar-refractivity contribution in [1.29, 1.82) is 0 Å². The van der Waals surface area contributed by atoms with Crippen molar-refractivity contribution in [2.75, 3.05) is 5.32 Å². The zero-order valence-corrected chi connectivity index (χ0v) is 12.7. The molecule has 1 aromatic rings. The smallest absolute Gasteiger partial charge is 0.354 e. The van der Waals surface area contributed by atoms with Gasteiger partial charge in [0.25, 0.3) is 11.6 Å². The Morgan fingerprint density at radius 3 is 2.64 bits per heavy atom. The van der Waals surface area contributed by atoms with Gasteiger partial charge in [-0.3, -0.25) is 14.9 Å². The number of hydrogen-bond donors (Lipinski definition) is 1. The number of hydrogen-bond acceptors (Lipinski definition) is 4. The maximum atomic E-state index is 13.0. The number of halogens is 3. The molecule has 4 aliphatic rings. The molecule has 1 aromatic carbocycles. The van der Waals surface area contributed by atoms with E-state index >= 15 is 0 Å². The zero-order chi connectivity index (χ0) is 18.0. The Kier molecular flexibility index (Phi) is 3.24. The Bertz CT molecular complexity index is 807. The Hall–Kier alpha value is -2.42. The maximum absolute atomic E-state index is 13.0. The third-order valence-electron chi connectivity index (χ3n) is 5.14. The topological polar surface area (TPSA) is 84.8 Å². The molecule has 1 aliphatic heterocycles. The van der Waals surface area contributed by atoms with E-state index < -0.39 is 33.9 Å². The predicted octanol–water partition coefficient (Wildman–Crippen LogP) is 3.29. The Labute approximate surface area is 139 Å². The van der Waals surface area contributed by atoms with E-state index in [0.29, 0.717) is 6.07 Å². The Morgan fingerprint density at radius 1 is 1.32 bits per heavy atom. The number of alkyl halides is 3. The molecule has 6 nitrogen and oxygen atoms in total. The molecule has 1 saturated carbocycles. The summed E-state index contributed by atoms with van der Waals surface area (Å²) in [6.45, 7) is 0. The first kappa shape index (κ1) is 16.1. The fourth-order valence-electron chi connectivity index (χ4n) is 3.91. The molecule has 132 valence electrons. The van der Waals surface area contributed by atoms with Crippen LogP contribution in [0.4, 0.5) is 24.5 Å². The minimum Gasteiger partial charge on any atom is -0.354 e. The van der Waals surface area contributed by atoms with Crippen molar-refractivity contribution < 1.29 is 27.6 Å². The molecule has 2 bridgehead atoms. The number of amides is 1. The van der Waals surface area contributed by atoms with E-state index in [1.54, 1.807) is 0 Å². The molecule has 0 spiro atoms. The number of fused-ring (bicyclic) bond motifs is 1. The van der Waals surface area contributed by atoms with E-state index in [9.17, 15) is 28.1 Å². The summed E-state index contributed by atoms with van der Waals surface area (Å²) in [6.07, 6.45) is 0.526. The van der Waals surface area contributed by atoms with E-state index in [1.165, 1.54) is 0 Å². The number of carbonyl (C=O) groups is 1. The molecule has 2 fully saturated rings. The van der Waals surface area contributed by atoms with Crippen molar-refractivity contribution in [1.82, 2.24) is 0 Å². The number of nitrogens with zero attached hydrogens (tertiary/aromatic N) is 1. The number of benzene rings is 1. The number of carbonyl (C=O) groups excluding carboxylic acids is 1. The maximum Gasteiger partial charge on any atom is 0.423 e. The lowest BCUT2D eigenvalue weighted by atomic mass is 9.69. The van der Waals surface area contributed by atoms with Crippen LogP contribution in [0.25, 0.3) is 0 Å². The SMILES string of the molecule is O=C(Nc1ccc([N+](=O)[O-])c(C(F)(F)F)c1)C12OC1[C@@H]1C=C[C@H]2CC1. The largest absolute Gasteiger partial charge is 0.423 e. The van der Waals surface area contributed by atoms with E-state index in [1.807, 2.05) is 12.2 Å². The third-order valence-corrected chi connectivity index (χ3v) is 5.14. The number of nitro groups is 1.